The summed E-state index contributed by atoms with van der Waals surface area (Å²) in [5, 5.41) is 0. The Bertz CT molecular complexity index is 312. The molecule has 86 valence electrons. The van der Waals surface area contributed by atoms with Crippen LogP contribution in [-0.4, -0.2) is 17.0 Å². The molecule has 3 rings (SSSR count). The molecule has 0 amide bonds. The van der Waals surface area contributed by atoms with Crippen molar-refractivity contribution in [1.82, 2.24) is 0 Å². The van der Waals surface area contributed by atoms with Crippen molar-refractivity contribution in [3.05, 3.63) is 0 Å². The zero-order valence-corrected chi connectivity index (χ0v) is 10.4. The van der Waals surface area contributed by atoms with E-state index in [1.807, 2.05) is 0 Å². The van der Waals surface area contributed by atoms with Gasteiger partial charge in [-0.1, -0.05) is 13.8 Å². The van der Waals surface area contributed by atoms with Crippen LogP contribution in [-0.2, 0) is 9.47 Å². The lowest BCUT2D eigenvalue weighted by molar-refractivity contribution is -0.169. The molecule has 0 aromatic heterocycles. The van der Waals surface area contributed by atoms with Crippen molar-refractivity contribution in [2.24, 2.45) is 5.41 Å². The summed E-state index contributed by atoms with van der Waals surface area (Å²) in [6.07, 6.45) is 5.93. The highest BCUT2D eigenvalue weighted by atomic mass is 16.8. The molecular weight excluding hydrogens is 188 g/mol. The molecule has 3 fully saturated rings. The van der Waals surface area contributed by atoms with Crippen molar-refractivity contribution in [3.8, 4) is 0 Å². The summed E-state index contributed by atoms with van der Waals surface area (Å²) in [7, 11) is 0. The largest absolute Gasteiger partial charge is 0.341 e. The van der Waals surface area contributed by atoms with Gasteiger partial charge in [-0.05, 0) is 44.9 Å². The minimum Gasteiger partial charge on any atom is -0.341 e. The van der Waals surface area contributed by atoms with Gasteiger partial charge < -0.3 is 9.47 Å². The molecule has 2 bridgehead atoms. The van der Waals surface area contributed by atoms with Gasteiger partial charge in [0.1, 0.15) is 5.60 Å². The van der Waals surface area contributed by atoms with Crippen LogP contribution in [0.4, 0.5) is 0 Å². The van der Waals surface area contributed by atoms with E-state index in [1.165, 1.54) is 19.3 Å². The monoisotopic (exact) mass is 210 g/mol. The van der Waals surface area contributed by atoms with Crippen molar-refractivity contribution in [2.45, 2.75) is 76.8 Å². The number of fused-ring (bicyclic) bond motifs is 1. The van der Waals surface area contributed by atoms with E-state index in [0.29, 0.717) is 0 Å². The Balaban J connectivity index is 2.11. The predicted octanol–water partition coefficient (Wildman–Crippen LogP) is 3.25. The molecule has 2 nitrogen and oxygen atoms in total. The molecule has 3 atom stereocenters. The van der Waals surface area contributed by atoms with E-state index in [0.717, 1.165) is 12.8 Å². The quantitative estimate of drug-likeness (QED) is 0.611. The summed E-state index contributed by atoms with van der Waals surface area (Å²) < 4.78 is 12.6. The van der Waals surface area contributed by atoms with Crippen LogP contribution >= 0.6 is 0 Å². The summed E-state index contributed by atoms with van der Waals surface area (Å²) >= 11 is 0. The molecule has 0 unspecified atom stereocenters. The fraction of sp³-hybridized carbons (Fsp3) is 1.00. The summed E-state index contributed by atoms with van der Waals surface area (Å²) in [6, 6.07) is 0. The SMILES string of the molecule is CC1(C)CCC[C@]2(C)O[C@]3(C)CC[C@]12O3. The normalized spacial score (nSPS) is 56.8. The summed E-state index contributed by atoms with van der Waals surface area (Å²) in [5.74, 6) is -0.295. The average molecular weight is 210 g/mol. The fourth-order valence-electron chi connectivity index (χ4n) is 4.39. The van der Waals surface area contributed by atoms with Crippen LogP contribution in [0.2, 0.25) is 0 Å². The third-order valence-electron chi connectivity index (χ3n) is 5.17. The van der Waals surface area contributed by atoms with E-state index in [1.54, 1.807) is 0 Å². The van der Waals surface area contributed by atoms with Gasteiger partial charge in [-0.2, -0.15) is 0 Å². The Morgan fingerprint density at radius 2 is 1.53 bits per heavy atom. The summed E-state index contributed by atoms with van der Waals surface area (Å²) in [4.78, 5) is 0. The molecule has 2 heterocycles. The van der Waals surface area contributed by atoms with Crippen LogP contribution in [0, 0.1) is 5.41 Å². The highest BCUT2D eigenvalue weighted by Gasteiger charge is 2.72. The molecule has 0 N–H and O–H groups in total. The van der Waals surface area contributed by atoms with Gasteiger partial charge in [0, 0.05) is 6.42 Å². The molecule has 0 radical (unpaired) electrons. The lowest BCUT2D eigenvalue weighted by Gasteiger charge is -2.54. The number of hydrogen-bond acceptors (Lipinski definition) is 2. The van der Waals surface area contributed by atoms with Gasteiger partial charge in [0.25, 0.3) is 0 Å². The Hall–Kier alpha value is -0.0800. The first-order valence-electron chi connectivity index (χ1n) is 6.23. The number of ether oxygens (including phenoxy) is 2. The zero-order valence-electron chi connectivity index (χ0n) is 10.4. The van der Waals surface area contributed by atoms with E-state index in [2.05, 4.69) is 27.7 Å². The van der Waals surface area contributed by atoms with E-state index in [4.69, 9.17) is 9.47 Å². The smallest absolute Gasteiger partial charge is 0.167 e. The van der Waals surface area contributed by atoms with Gasteiger partial charge in [0.05, 0.1) is 5.60 Å². The van der Waals surface area contributed by atoms with Crippen molar-refractivity contribution in [1.29, 1.82) is 0 Å². The van der Waals surface area contributed by atoms with Gasteiger partial charge >= 0.3 is 0 Å². The topological polar surface area (TPSA) is 18.5 Å². The van der Waals surface area contributed by atoms with Crippen LogP contribution in [0.15, 0.2) is 0 Å². The minimum atomic E-state index is -0.295. The van der Waals surface area contributed by atoms with Crippen molar-refractivity contribution in [2.75, 3.05) is 0 Å². The average Bonchev–Trinajstić information content (AvgIpc) is 2.52. The first-order valence-corrected chi connectivity index (χ1v) is 6.23. The number of rotatable bonds is 0. The van der Waals surface area contributed by atoms with Gasteiger partial charge in [-0.25, -0.2) is 0 Å². The first-order chi connectivity index (χ1) is 6.83. The standard InChI is InChI=1S/C13H22O2/c1-10(2)6-5-7-11(3)13(10)9-8-12(4,14-11)15-13/h5-9H2,1-4H3/t11-,12-,13-/m0/s1. The Labute approximate surface area is 92.3 Å². The second-order valence-corrected chi connectivity index (χ2v) is 6.63. The molecule has 2 heteroatoms. The zero-order chi connectivity index (χ0) is 10.9. The van der Waals surface area contributed by atoms with Crippen molar-refractivity contribution in [3.63, 3.8) is 0 Å². The molecule has 1 spiro atoms. The van der Waals surface area contributed by atoms with Crippen LogP contribution in [0.1, 0.15) is 59.8 Å². The summed E-state index contributed by atoms with van der Waals surface area (Å²) in [5.41, 5.74) is 0.197. The van der Waals surface area contributed by atoms with Gasteiger partial charge in [-0.15, -0.1) is 0 Å². The third kappa shape index (κ3) is 0.980. The lowest BCUT2D eigenvalue weighted by atomic mass is 9.57. The minimum absolute atomic E-state index is 0.0208. The molecule has 1 aliphatic carbocycles. The highest BCUT2D eigenvalue weighted by Crippen LogP contribution is 2.66. The van der Waals surface area contributed by atoms with Crippen molar-refractivity contribution < 1.29 is 9.47 Å². The second kappa shape index (κ2) is 2.43. The molecule has 1 saturated carbocycles. The summed E-state index contributed by atoms with van der Waals surface area (Å²) in [6.45, 7) is 9.08. The second-order valence-electron chi connectivity index (χ2n) is 6.63. The number of hydrogen-bond donors (Lipinski definition) is 0. The molecule has 15 heavy (non-hydrogen) atoms. The molecule has 0 aromatic rings. The Kier molecular flexibility index (Phi) is 1.64. The van der Waals surface area contributed by atoms with E-state index < -0.39 is 0 Å². The predicted molar refractivity (Wildman–Crippen MR) is 58.6 cm³/mol. The maximum Gasteiger partial charge on any atom is 0.167 e. The maximum absolute atomic E-state index is 6.35. The molecular formula is C13H22O2. The van der Waals surface area contributed by atoms with Crippen LogP contribution < -0.4 is 0 Å². The lowest BCUT2D eigenvalue weighted by Crippen LogP contribution is -2.61. The third-order valence-corrected chi connectivity index (χ3v) is 5.17. The van der Waals surface area contributed by atoms with Gasteiger partial charge in [0.15, 0.2) is 5.79 Å². The molecule has 2 saturated heterocycles. The molecule has 0 aromatic carbocycles. The van der Waals surface area contributed by atoms with Gasteiger partial charge in [-0.3, -0.25) is 0 Å². The van der Waals surface area contributed by atoms with Crippen LogP contribution in [0.5, 0.6) is 0 Å². The van der Waals surface area contributed by atoms with Gasteiger partial charge in [0.2, 0.25) is 0 Å². The van der Waals surface area contributed by atoms with Crippen LogP contribution in [0.3, 0.4) is 0 Å². The molecule has 3 aliphatic rings. The van der Waals surface area contributed by atoms with E-state index in [9.17, 15) is 0 Å². The van der Waals surface area contributed by atoms with E-state index in [-0.39, 0.29) is 22.4 Å². The first kappa shape index (κ1) is 10.1. The maximum atomic E-state index is 6.35. The Morgan fingerprint density at radius 1 is 0.800 bits per heavy atom. The fourth-order valence-corrected chi connectivity index (χ4v) is 4.39. The highest BCUT2D eigenvalue weighted by molar-refractivity contribution is 5.18. The van der Waals surface area contributed by atoms with E-state index >= 15 is 0 Å². The van der Waals surface area contributed by atoms with Crippen LogP contribution in [0.25, 0.3) is 0 Å². The molecule has 2 aliphatic heterocycles. The Morgan fingerprint density at radius 3 is 2.13 bits per heavy atom. The van der Waals surface area contributed by atoms with Crippen molar-refractivity contribution >= 4 is 0 Å².